The number of aromatic nitrogens is 1. The van der Waals surface area contributed by atoms with Crippen LogP contribution in [0.15, 0.2) is 36.5 Å². The fourth-order valence-corrected chi connectivity index (χ4v) is 1.93. The van der Waals surface area contributed by atoms with Crippen molar-refractivity contribution in [1.29, 1.82) is 5.26 Å². The topological polar surface area (TPSA) is 54.7 Å². The van der Waals surface area contributed by atoms with Gasteiger partial charge in [-0.05, 0) is 37.3 Å². The minimum atomic E-state index is -0.307. The lowest BCUT2D eigenvalue weighted by Crippen LogP contribution is -2.13. The van der Waals surface area contributed by atoms with Crippen LogP contribution in [-0.4, -0.2) is 4.57 Å². The van der Waals surface area contributed by atoms with Crippen molar-refractivity contribution < 1.29 is 4.39 Å². The summed E-state index contributed by atoms with van der Waals surface area (Å²) in [4.78, 5) is 0. The molecule has 18 heavy (non-hydrogen) atoms. The average Bonchev–Trinajstić information content (AvgIpc) is 2.80. The highest BCUT2D eigenvalue weighted by Crippen LogP contribution is 2.16. The standard InChI is InChI=1S/C14H14FN3/c1-10(17)14-3-2-6-18(14)9-12-7-11(8-16)4-5-13(12)15/h2-7,10H,9,17H2,1H3. The molecule has 0 aliphatic heterocycles. The Morgan fingerprint density at radius 2 is 2.22 bits per heavy atom. The van der Waals surface area contributed by atoms with E-state index < -0.39 is 0 Å². The molecule has 4 heteroatoms. The van der Waals surface area contributed by atoms with Gasteiger partial charge in [-0.2, -0.15) is 5.26 Å². The number of benzene rings is 1. The van der Waals surface area contributed by atoms with Gasteiger partial charge in [0.1, 0.15) is 5.82 Å². The van der Waals surface area contributed by atoms with E-state index >= 15 is 0 Å². The van der Waals surface area contributed by atoms with Crippen molar-refractivity contribution in [3.8, 4) is 6.07 Å². The molecule has 2 N–H and O–H groups in total. The van der Waals surface area contributed by atoms with Crippen LogP contribution in [0.1, 0.15) is 29.8 Å². The number of nitrogens with two attached hydrogens (primary N) is 1. The first kappa shape index (κ1) is 12.3. The van der Waals surface area contributed by atoms with E-state index in [9.17, 15) is 4.39 Å². The Bertz CT molecular complexity index is 593. The molecule has 3 nitrogen and oxygen atoms in total. The van der Waals surface area contributed by atoms with Crippen molar-refractivity contribution in [3.05, 3.63) is 59.2 Å². The summed E-state index contributed by atoms with van der Waals surface area (Å²) in [5.74, 6) is -0.307. The Hall–Kier alpha value is -2.12. The maximum atomic E-state index is 13.7. The molecule has 0 aliphatic rings. The summed E-state index contributed by atoms with van der Waals surface area (Å²) in [5, 5.41) is 8.82. The average molecular weight is 243 g/mol. The van der Waals surface area contributed by atoms with E-state index in [2.05, 4.69) is 0 Å². The van der Waals surface area contributed by atoms with Gasteiger partial charge < -0.3 is 10.3 Å². The van der Waals surface area contributed by atoms with Crippen LogP contribution in [0.2, 0.25) is 0 Å². The summed E-state index contributed by atoms with van der Waals surface area (Å²) in [7, 11) is 0. The molecular formula is C14H14FN3. The molecule has 2 aromatic rings. The van der Waals surface area contributed by atoms with Crippen LogP contribution in [0.25, 0.3) is 0 Å². The van der Waals surface area contributed by atoms with E-state index in [1.165, 1.54) is 12.1 Å². The maximum absolute atomic E-state index is 13.7. The fourth-order valence-electron chi connectivity index (χ4n) is 1.93. The molecule has 1 unspecified atom stereocenters. The van der Waals surface area contributed by atoms with Crippen LogP contribution in [0.3, 0.4) is 0 Å². The number of hydrogen-bond acceptors (Lipinski definition) is 2. The zero-order valence-corrected chi connectivity index (χ0v) is 10.1. The van der Waals surface area contributed by atoms with Crippen molar-refractivity contribution in [3.63, 3.8) is 0 Å². The minimum absolute atomic E-state index is 0.109. The zero-order valence-electron chi connectivity index (χ0n) is 10.1. The minimum Gasteiger partial charge on any atom is -0.345 e. The van der Waals surface area contributed by atoms with E-state index in [0.29, 0.717) is 17.7 Å². The second kappa shape index (κ2) is 5.03. The number of nitrogens with zero attached hydrogens (tertiary/aromatic N) is 2. The monoisotopic (exact) mass is 243 g/mol. The molecule has 0 spiro atoms. The van der Waals surface area contributed by atoms with Crippen molar-refractivity contribution >= 4 is 0 Å². The van der Waals surface area contributed by atoms with Gasteiger partial charge in [0.05, 0.1) is 18.2 Å². The van der Waals surface area contributed by atoms with Gasteiger partial charge >= 0.3 is 0 Å². The predicted octanol–water partition coefficient (Wildman–Crippen LogP) is 2.57. The van der Waals surface area contributed by atoms with E-state index in [1.807, 2.05) is 35.9 Å². The van der Waals surface area contributed by atoms with Gasteiger partial charge in [0.2, 0.25) is 0 Å². The van der Waals surface area contributed by atoms with E-state index in [-0.39, 0.29) is 11.9 Å². The SMILES string of the molecule is CC(N)c1cccn1Cc1cc(C#N)ccc1F. The highest BCUT2D eigenvalue weighted by atomic mass is 19.1. The molecule has 1 aromatic heterocycles. The quantitative estimate of drug-likeness (QED) is 0.900. The molecule has 0 saturated carbocycles. The molecular weight excluding hydrogens is 229 g/mol. The van der Waals surface area contributed by atoms with Crippen LogP contribution in [-0.2, 0) is 6.54 Å². The predicted molar refractivity (Wildman–Crippen MR) is 67.3 cm³/mol. The molecule has 0 radical (unpaired) electrons. The van der Waals surface area contributed by atoms with Crippen molar-refractivity contribution in [2.45, 2.75) is 19.5 Å². The zero-order chi connectivity index (χ0) is 13.1. The van der Waals surface area contributed by atoms with Crippen LogP contribution in [0, 0.1) is 17.1 Å². The molecule has 1 heterocycles. The summed E-state index contributed by atoms with van der Waals surface area (Å²) in [5.41, 5.74) is 7.73. The van der Waals surface area contributed by atoms with Crippen molar-refractivity contribution in [1.82, 2.24) is 4.57 Å². The highest BCUT2D eigenvalue weighted by Gasteiger charge is 2.09. The summed E-state index contributed by atoms with van der Waals surface area (Å²) < 4.78 is 15.6. The van der Waals surface area contributed by atoms with E-state index in [4.69, 9.17) is 11.0 Å². The van der Waals surface area contributed by atoms with Gasteiger partial charge in [-0.25, -0.2) is 4.39 Å². The second-order valence-corrected chi connectivity index (χ2v) is 4.27. The summed E-state index contributed by atoms with van der Waals surface area (Å²) in [6.07, 6.45) is 1.86. The van der Waals surface area contributed by atoms with Gasteiger partial charge in [0, 0.05) is 23.5 Å². The van der Waals surface area contributed by atoms with Gasteiger partial charge in [-0.1, -0.05) is 0 Å². The lowest BCUT2D eigenvalue weighted by molar-refractivity contribution is 0.590. The fraction of sp³-hybridized carbons (Fsp3) is 0.214. The van der Waals surface area contributed by atoms with Gasteiger partial charge in [-0.3, -0.25) is 0 Å². The molecule has 2 rings (SSSR count). The van der Waals surface area contributed by atoms with Gasteiger partial charge in [0.25, 0.3) is 0 Å². The molecule has 0 aliphatic carbocycles. The second-order valence-electron chi connectivity index (χ2n) is 4.27. The first-order valence-electron chi connectivity index (χ1n) is 5.71. The molecule has 92 valence electrons. The third kappa shape index (κ3) is 2.41. The summed E-state index contributed by atoms with van der Waals surface area (Å²) in [6, 6.07) is 10.1. The first-order chi connectivity index (χ1) is 8.61. The molecule has 0 saturated heterocycles. The third-order valence-corrected chi connectivity index (χ3v) is 2.85. The number of rotatable bonds is 3. The smallest absolute Gasteiger partial charge is 0.128 e. The molecule has 0 amide bonds. The third-order valence-electron chi connectivity index (χ3n) is 2.85. The van der Waals surface area contributed by atoms with E-state index in [1.54, 1.807) is 6.07 Å². The van der Waals surface area contributed by atoms with E-state index in [0.717, 1.165) is 5.69 Å². The lowest BCUT2D eigenvalue weighted by atomic mass is 10.1. The highest BCUT2D eigenvalue weighted by molar-refractivity contribution is 5.34. The number of halogens is 1. The normalized spacial score (nSPS) is 12.1. The van der Waals surface area contributed by atoms with Gasteiger partial charge in [0.15, 0.2) is 0 Å². The Morgan fingerprint density at radius 1 is 1.44 bits per heavy atom. The lowest BCUT2D eigenvalue weighted by Gasteiger charge is -2.12. The molecule has 0 bridgehead atoms. The molecule has 1 atom stereocenters. The first-order valence-corrected chi connectivity index (χ1v) is 5.71. The van der Waals surface area contributed by atoms with Gasteiger partial charge in [-0.15, -0.1) is 0 Å². The summed E-state index contributed by atoms with van der Waals surface area (Å²) in [6.45, 7) is 2.26. The Morgan fingerprint density at radius 3 is 2.89 bits per heavy atom. The molecule has 1 aromatic carbocycles. The Kier molecular flexibility index (Phi) is 3.45. The van der Waals surface area contributed by atoms with Crippen molar-refractivity contribution in [2.24, 2.45) is 5.73 Å². The number of hydrogen-bond donors (Lipinski definition) is 1. The largest absolute Gasteiger partial charge is 0.345 e. The van der Waals surface area contributed by atoms with Crippen LogP contribution in [0.5, 0.6) is 0 Å². The Balaban J connectivity index is 2.34. The molecule has 0 fully saturated rings. The Labute approximate surface area is 105 Å². The van der Waals surface area contributed by atoms with Crippen LogP contribution in [0.4, 0.5) is 4.39 Å². The number of nitriles is 1. The van der Waals surface area contributed by atoms with Crippen LogP contribution < -0.4 is 5.73 Å². The van der Waals surface area contributed by atoms with Crippen LogP contribution >= 0.6 is 0 Å². The van der Waals surface area contributed by atoms with Crippen molar-refractivity contribution in [2.75, 3.05) is 0 Å². The summed E-state index contributed by atoms with van der Waals surface area (Å²) >= 11 is 0. The maximum Gasteiger partial charge on any atom is 0.128 e.